The number of nitrogens with zero attached hydrogens (tertiary/aromatic N) is 1. The Morgan fingerprint density at radius 2 is 1.49 bits per heavy atom. The van der Waals surface area contributed by atoms with Crippen LogP contribution in [0.2, 0.25) is 0 Å². The number of rotatable bonds is 6. The van der Waals surface area contributed by atoms with Crippen molar-refractivity contribution in [3.05, 3.63) is 89.5 Å². The molecule has 11 heteroatoms. The lowest BCUT2D eigenvalue weighted by atomic mass is 10.2. The standard InChI is InChI=1S/C24H18F3N3O5/c1-34-20-9-5-3-7-18(20)23(33)35-19-8-4-2-6-15(19)14-28-30-22(32)21(31)29-17-12-10-16(11-13-17)24(25,26)27/h2-14H,1H3,(H,29,31)(H,30,32). The first-order valence-electron chi connectivity index (χ1n) is 9.95. The molecule has 0 aliphatic heterocycles. The summed E-state index contributed by atoms with van der Waals surface area (Å²) < 4.78 is 48.4. The Labute approximate surface area is 197 Å². The van der Waals surface area contributed by atoms with E-state index in [9.17, 15) is 27.6 Å². The van der Waals surface area contributed by atoms with Crippen molar-refractivity contribution < 1.29 is 37.0 Å². The van der Waals surface area contributed by atoms with Gasteiger partial charge < -0.3 is 14.8 Å². The van der Waals surface area contributed by atoms with E-state index >= 15 is 0 Å². The molecule has 0 fully saturated rings. The average Bonchev–Trinajstić information content (AvgIpc) is 2.84. The van der Waals surface area contributed by atoms with Crippen molar-refractivity contribution in [1.29, 1.82) is 0 Å². The van der Waals surface area contributed by atoms with E-state index in [1.165, 1.54) is 19.2 Å². The quantitative estimate of drug-likeness (QED) is 0.180. The number of hydrogen-bond acceptors (Lipinski definition) is 6. The van der Waals surface area contributed by atoms with E-state index in [0.29, 0.717) is 11.3 Å². The highest BCUT2D eigenvalue weighted by Crippen LogP contribution is 2.29. The number of amides is 2. The molecule has 0 atom stereocenters. The second kappa shape index (κ2) is 11.0. The van der Waals surface area contributed by atoms with E-state index in [4.69, 9.17) is 9.47 Å². The number of ether oxygens (including phenoxy) is 2. The first-order valence-corrected chi connectivity index (χ1v) is 9.95. The Morgan fingerprint density at radius 1 is 0.857 bits per heavy atom. The molecule has 0 aliphatic rings. The second-order valence-electron chi connectivity index (χ2n) is 6.86. The molecule has 0 radical (unpaired) electrons. The number of benzene rings is 3. The van der Waals surface area contributed by atoms with Crippen molar-refractivity contribution in [3.63, 3.8) is 0 Å². The largest absolute Gasteiger partial charge is 0.496 e. The number of hydrogen-bond donors (Lipinski definition) is 2. The molecule has 2 N–H and O–H groups in total. The second-order valence-corrected chi connectivity index (χ2v) is 6.86. The number of alkyl halides is 3. The molecule has 0 saturated carbocycles. The van der Waals surface area contributed by atoms with Gasteiger partial charge in [-0.2, -0.15) is 18.3 Å². The Hall–Kier alpha value is -4.67. The van der Waals surface area contributed by atoms with Crippen molar-refractivity contribution in [3.8, 4) is 11.5 Å². The zero-order chi connectivity index (χ0) is 25.4. The molecular formula is C24H18F3N3O5. The van der Waals surface area contributed by atoms with Crippen LogP contribution in [0.4, 0.5) is 18.9 Å². The molecule has 8 nitrogen and oxygen atoms in total. The summed E-state index contributed by atoms with van der Waals surface area (Å²) in [5, 5.41) is 5.84. The summed E-state index contributed by atoms with van der Waals surface area (Å²) >= 11 is 0. The van der Waals surface area contributed by atoms with Crippen LogP contribution >= 0.6 is 0 Å². The lowest BCUT2D eigenvalue weighted by Crippen LogP contribution is -2.32. The number of hydrazone groups is 1. The minimum absolute atomic E-state index is 0.00396. The summed E-state index contributed by atoms with van der Waals surface area (Å²) in [6.07, 6.45) is -3.36. The van der Waals surface area contributed by atoms with Crippen LogP contribution in [-0.4, -0.2) is 31.1 Å². The number of anilines is 1. The Bertz CT molecular complexity index is 1260. The monoisotopic (exact) mass is 485 g/mol. The van der Waals surface area contributed by atoms with Crippen LogP contribution in [0.15, 0.2) is 77.9 Å². The molecule has 0 bridgehead atoms. The third-order valence-corrected chi connectivity index (χ3v) is 4.49. The number of para-hydroxylation sites is 2. The zero-order valence-corrected chi connectivity index (χ0v) is 18.1. The fourth-order valence-corrected chi connectivity index (χ4v) is 2.79. The van der Waals surface area contributed by atoms with Gasteiger partial charge in [-0.05, 0) is 48.5 Å². The van der Waals surface area contributed by atoms with Gasteiger partial charge in [0.15, 0.2) is 0 Å². The van der Waals surface area contributed by atoms with Crippen molar-refractivity contribution in [2.45, 2.75) is 6.18 Å². The Balaban J connectivity index is 1.62. The maximum atomic E-state index is 12.6. The van der Waals surface area contributed by atoms with Gasteiger partial charge in [-0.3, -0.25) is 9.59 Å². The molecule has 0 unspecified atom stereocenters. The highest BCUT2D eigenvalue weighted by molar-refractivity contribution is 6.39. The number of carbonyl (C=O) groups is 3. The SMILES string of the molecule is COc1ccccc1C(=O)Oc1ccccc1C=NNC(=O)C(=O)Nc1ccc(C(F)(F)F)cc1. The molecule has 35 heavy (non-hydrogen) atoms. The van der Waals surface area contributed by atoms with Crippen LogP contribution in [-0.2, 0) is 15.8 Å². The summed E-state index contributed by atoms with van der Waals surface area (Å²) in [4.78, 5) is 36.5. The first-order chi connectivity index (χ1) is 16.7. The van der Waals surface area contributed by atoms with Gasteiger partial charge >= 0.3 is 24.0 Å². The van der Waals surface area contributed by atoms with Gasteiger partial charge in [0, 0.05) is 11.3 Å². The normalized spacial score (nSPS) is 11.1. The molecule has 0 heterocycles. The number of carbonyl (C=O) groups excluding carboxylic acids is 3. The molecule has 0 saturated heterocycles. The van der Waals surface area contributed by atoms with E-state index in [1.54, 1.807) is 36.4 Å². The smallest absolute Gasteiger partial charge is 0.416 e. The first kappa shape index (κ1) is 25.0. The van der Waals surface area contributed by atoms with Crippen molar-refractivity contribution in [2.24, 2.45) is 5.10 Å². The maximum Gasteiger partial charge on any atom is 0.416 e. The summed E-state index contributed by atoms with van der Waals surface area (Å²) in [6.45, 7) is 0. The van der Waals surface area contributed by atoms with Gasteiger partial charge in [0.05, 0.1) is 18.9 Å². The van der Waals surface area contributed by atoms with Gasteiger partial charge in [-0.1, -0.05) is 24.3 Å². The Morgan fingerprint density at radius 3 is 2.14 bits per heavy atom. The van der Waals surface area contributed by atoms with E-state index in [2.05, 4.69) is 10.4 Å². The average molecular weight is 485 g/mol. The van der Waals surface area contributed by atoms with Crippen LogP contribution in [0.25, 0.3) is 0 Å². The molecule has 0 aromatic heterocycles. The van der Waals surface area contributed by atoms with Gasteiger partial charge in [-0.25, -0.2) is 10.2 Å². The highest BCUT2D eigenvalue weighted by Gasteiger charge is 2.30. The molecule has 3 aromatic rings. The lowest BCUT2D eigenvalue weighted by molar-refractivity contribution is -0.137. The summed E-state index contributed by atoms with van der Waals surface area (Å²) in [7, 11) is 1.42. The van der Waals surface area contributed by atoms with E-state index in [-0.39, 0.29) is 17.0 Å². The minimum atomic E-state index is -4.52. The predicted molar refractivity (Wildman–Crippen MR) is 120 cm³/mol. The number of nitrogens with one attached hydrogen (secondary N) is 2. The molecule has 3 aromatic carbocycles. The number of methoxy groups -OCH3 is 1. The van der Waals surface area contributed by atoms with Crippen LogP contribution in [0, 0.1) is 0 Å². The van der Waals surface area contributed by atoms with Crippen molar-refractivity contribution >= 4 is 29.7 Å². The summed E-state index contributed by atoms with van der Waals surface area (Å²) in [5.41, 5.74) is 1.62. The topological polar surface area (TPSA) is 106 Å². The van der Waals surface area contributed by atoms with Crippen LogP contribution in [0.5, 0.6) is 11.5 Å². The number of esters is 1. The molecule has 180 valence electrons. The minimum Gasteiger partial charge on any atom is -0.496 e. The van der Waals surface area contributed by atoms with E-state index in [1.807, 2.05) is 5.43 Å². The fourth-order valence-electron chi connectivity index (χ4n) is 2.79. The predicted octanol–water partition coefficient (Wildman–Crippen LogP) is 4.02. The lowest BCUT2D eigenvalue weighted by Gasteiger charge is -2.10. The molecule has 0 aliphatic carbocycles. The van der Waals surface area contributed by atoms with E-state index < -0.39 is 29.5 Å². The van der Waals surface area contributed by atoms with Crippen LogP contribution in [0.3, 0.4) is 0 Å². The van der Waals surface area contributed by atoms with Crippen molar-refractivity contribution in [2.75, 3.05) is 12.4 Å². The van der Waals surface area contributed by atoms with E-state index in [0.717, 1.165) is 30.5 Å². The van der Waals surface area contributed by atoms with Gasteiger partial charge in [0.25, 0.3) is 0 Å². The fraction of sp³-hybridized carbons (Fsp3) is 0.0833. The molecule has 0 spiro atoms. The maximum absolute atomic E-state index is 12.6. The Kier molecular flexibility index (Phi) is 7.82. The van der Waals surface area contributed by atoms with Gasteiger partial charge in [0.1, 0.15) is 17.1 Å². The third kappa shape index (κ3) is 6.67. The zero-order valence-electron chi connectivity index (χ0n) is 18.1. The highest BCUT2D eigenvalue weighted by atomic mass is 19.4. The van der Waals surface area contributed by atoms with Crippen molar-refractivity contribution in [1.82, 2.24) is 5.43 Å². The van der Waals surface area contributed by atoms with Crippen LogP contribution in [0.1, 0.15) is 21.5 Å². The molecule has 2 amide bonds. The molecule has 3 rings (SSSR count). The van der Waals surface area contributed by atoms with Gasteiger partial charge in [-0.15, -0.1) is 0 Å². The number of halogens is 3. The van der Waals surface area contributed by atoms with Gasteiger partial charge in [0.2, 0.25) is 0 Å². The summed E-state index contributed by atoms with van der Waals surface area (Å²) in [6, 6.07) is 16.4. The molecular weight excluding hydrogens is 467 g/mol. The summed E-state index contributed by atoms with van der Waals surface area (Å²) in [5.74, 6) is -2.52. The van der Waals surface area contributed by atoms with Crippen LogP contribution < -0.4 is 20.2 Å². The third-order valence-electron chi connectivity index (χ3n) is 4.49.